The van der Waals surface area contributed by atoms with E-state index in [1.165, 1.54) is 0 Å². The molecule has 0 fully saturated rings. The molecular formula is C16H17N3O2. The number of nitrogens with zero attached hydrogens (tertiary/aromatic N) is 3. The summed E-state index contributed by atoms with van der Waals surface area (Å²) < 4.78 is 3.67. The Morgan fingerprint density at radius 2 is 2.05 bits per heavy atom. The first-order valence-electron chi connectivity index (χ1n) is 6.92. The third kappa shape index (κ3) is 2.42. The van der Waals surface area contributed by atoms with Gasteiger partial charge in [0, 0.05) is 23.1 Å². The molecule has 0 atom stereocenters. The molecule has 108 valence electrons. The molecule has 3 aromatic rings. The van der Waals surface area contributed by atoms with Crippen LogP contribution in [0.1, 0.15) is 36.1 Å². The number of hydrogen-bond donors (Lipinski definition) is 1. The van der Waals surface area contributed by atoms with Crippen molar-refractivity contribution in [2.24, 2.45) is 0 Å². The summed E-state index contributed by atoms with van der Waals surface area (Å²) in [7, 11) is 0. The minimum Gasteiger partial charge on any atom is -0.477 e. The van der Waals surface area contributed by atoms with Crippen molar-refractivity contribution in [1.82, 2.24) is 14.3 Å². The topological polar surface area (TPSA) is 60.0 Å². The molecular weight excluding hydrogens is 266 g/mol. The van der Waals surface area contributed by atoms with Gasteiger partial charge in [0.2, 0.25) is 0 Å². The lowest BCUT2D eigenvalue weighted by atomic mass is 10.2. The SMILES string of the molecule is CC(C)n1ccc(Cn2c(C(=O)O)cc3ccccc32)n1. The normalized spacial score (nSPS) is 11.4. The van der Waals surface area contributed by atoms with E-state index in [9.17, 15) is 9.90 Å². The van der Waals surface area contributed by atoms with Crippen LogP contribution in [0.15, 0.2) is 42.6 Å². The van der Waals surface area contributed by atoms with Gasteiger partial charge < -0.3 is 9.67 Å². The predicted octanol–water partition coefficient (Wildman–Crippen LogP) is 3.17. The number of benzene rings is 1. The van der Waals surface area contributed by atoms with Crippen molar-refractivity contribution in [3.05, 3.63) is 54.0 Å². The molecule has 0 spiro atoms. The van der Waals surface area contributed by atoms with Gasteiger partial charge in [-0.25, -0.2) is 4.79 Å². The summed E-state index contributed by atoms with van der Waals surface area (Å²) in [5.41, 5.74) is 2.05. The van der Waals surface area contributed by atoms with Crippen molar-refractivity contribution in [2.75, 3.05) is 0 Å². The largest absolute Gasteiger partial charge is 0.477 e. The molecule has 0 aliphatic heterocycles. The molecule has 0 saturated carbocycles. The van der Waals surface area contributed by atoms with Gasteiger partial charge in [-0.3, -0.25) is 4.68 Å². The summed E-state index contributed by atoms with van der Waals surface area (Å²) in [4.78, 5) is 11.4. The van der Waals surface area contributed by atoms with Crippen LogP contribution in [0.5, 0.6) is 0 Å². The van der Waals surface area contributed by atoms with Crippen molar-refractivity contribution in [2.45, 2.75) is 26.4 Å². The Labute approximate surface area is 122 Å². The van der Waals surface area contributed by atoms with Crippen LogP contribution in [-0.2, 0) is 6.54 Å². The van der Waals surface area contributed by atoms with Gasteiger partial charge in [0.05, 0.1) is 12.2 Å². The number of para-hydroxylation sites is 1. The van der Waals surface area contributed by atoms with Crippen molar-refractivity contribution in [3.63, 3.8) is 0 Å². The van der Waals surface area contributed by atoms with E-state index in [1.54, 1.807) is 10.6 Å². The molecule has 0 saturated heterocycles. The molecule has 21 heavy (non-hydrogen) atoms. The minimum absolute atomic E-state index is 0.287. The molecule has 1 aromatic carbocycles. The lowest BCUT2D eigenvalue weighted by molar-refractivity contribution is 0.0686. The minimum atomic E-state index is -0.922. The first-order valence-corrected chi connectivity index (χ1v) is 6.92. The zero-order chi connectivity index (χ0) is 15.0. The van der Waals surface area contributed by atoms with Gasteiger partial charge in [-0.05, 0) is 32.0 Å². The lowest BCUT2D eigenvalue weighted by Crippen LogP contribution is -2.10. The fourth-order valence-electron chi connectivity index (χ4n) is 2.47. The number of rotatable bonds is 4. The Kier molecular flexibility index (Phi) is 3.25. The first-order chi connectivity index (χ1) is 10.1. The highest BCUT2D eigenvalue weighted by atomic mass is 16.4. The zero-order valence-electron chi connectivity index (χ0n) is 12.0. The highest BCUT2D eigenvalue weighted by Gasteiger charge is 2.15. The van der Waals surface area contributed by atoms with Crippen LogP contribution >= 0.6 is 0 Å². The summed E-state index contributed by atoms with van der Waals surface area (Å²) in [5, 5.41) is 14.8. The van der Waals surface area contributed by atoms with Crippen LogP contribution in [-0.4, -0.2) is 25.4 Å². The maximum absolute atomic E-state index is 11.4. The molecule has 0 amide bonds. The van der Waals surface area contributed by atoms with Crippen LogP contribution in [0, 0.1) is 0 Å². The van der Waals surface area contributed by atoms with Gasteiger partial charge in [0.25, 0.3) is 0 Å². The quantitative estimate of drug-likeness (QED) is 0.800. The smallest absolute Gasteiger partial charge is 0.352 e. The van der Waals surface area contributed by atoms with Gasteiger partial charge in [-0.15, -0.1) is 0 Å². The second-order valence-corrected chi connectivity index (χ2v) is 5.36. The van der Waals surface area contributed by atoms with E-state index in [-0.39, 0.29) is 5.69 Å². The van der Waals surface area contributed by atoms with Gasteiger partial charge in [0.1, 0.15) is 5.69 Å². The molecule has 3 rings (SSSR count). The monoisotopic (exact) mass is 283 g/mol. The van der Waals surface area contributed by atoms with Crippen LogP contribution in [0.2, 0.25) is 0 Å². The average Bonchev–Trinajstić information content (AvgIpc) is 3.05. The molecule has 0 radical (unpaired) electrons. The highest BCUT2D eigenvalue weighted by molar-refractivity contribution is 5.94. The van der Waals surface area contributed by atoms with Crippen molar-refractivity contribution in [3.8, 4) is 0 Å². The third-order valence-corrected chi connectivity index (χ3v) is 3.54. The molecule has 5 nitrogen and oxygen atoms in total. The number of hydrogen-bond acceptors (Lipinski definition) is 2. The Morgan fingerprint density at radius 3 is 2.71 bits per heavy atom. The summed E-state index contributed by atoms with van der Waals surface area (Å²) >= 11 is 0. The van der Waals surface area contributed by atoms with Crippen LogP contribution < -0.4 is 0 Å². The van der Waals surface area contributed by atoms with Crippen molar-refractivity contribution in [1.29, 1.82) is 0 Å². The fourth-order valence-corrected chi connectivity index (χ4v) is 2.47. The number of carboxylic acids is 1. The molecule has 0 aliphatic rings. The van der Waals surface area contributed by atoms with Gasteiger partial charge >= 0.3 is 5.97 Å². The Balaban J connectivity index is 2.05. The number of carboxylic acid groups (broad SMARTS) is 1. The Hall–Kier alpha value is -2.56. The summed E-state index contributed by atoms with van der Waals surface area (Å²) in [5.74, 6) is -0.922. The Morgan fingerprint density at radius 1 is 1.29 bits per heavy atom. The van der Waals surface area contributed by atoms with Gasteiger partial charge in [0.15, 0.2) is 0 Å². The number of carbonyl (C=O) groups is 1. The van der Waals surface area contributed by atoms with E-state index >= 15 is 0 Å². The zero-order valence-corrected chi connectivity index (χ0v) is 12.0. The standard InChI is InChI=1S/C16H17N3O2/c1-11(2)19-8-7-13(17-19)10-18-14-6-4-3-5-12(14)9-15(18)16(20)21/h3-9,11H,10H2,1-2H3,(H,20,21). The second-order valence-electron chi connectivity index (χ2n) is 5.36. The van der Waals surface area contributed by atoms with Crippen molar-refractivity contribution < 1.29 is 9.90 Å². The fraction of sp³-hybridized carbons (Fsp3) is 0.250. The van der Waals surface area contributed by atoms with E-state index in [4.69, 9.17) is 0 Å². The molecule has 2 heterocycles. The summed E-state index contributed by atoms with van der Waals surface area (Å²) in [6.07, 6.45) is 1.92. The molecule has 2 aromatic heterocycles. The van der Waals surface area contributed by atoms with E-state index in [2.05, 4.69) is 18.9 Å². The molecule has 0 bridgehead atoms. The van der Waals surface area contributed by atoms with Gasteiger partial charge in [-0.2, -0.15) is 5.10 Å². The maximum atomic E-state index is 11.4. The second kappa shape index (κ2) is 5.09. The molecule has 5 heteroatoms. The van der Waals surface area contributed by atoms with Crippen molar-refractivity contribution >= 4 is 16.9 Å². The maximum Gasteiger partial charge on any atom is 0.352 e. The van der Waals surface area contributed by atoms with E-state index in [1.807, 2.05) is 41.2 Å². The molecule has 0 aliphatic carbocycles. The number of aromatic carboxylic acids is 1. The van der Waals surface area contributed by atoms with Gasteiger partial charge in [-0.1, -0.05) is 18.2 Å². The Bertz CT molecular complexity index is 799. The molecule has 1 N–H and O–H groups in total. The van der Waals surface area contributed by atoms with E-state index in [0.29, 0.717) is 12.6 Å². The van der Waals surface area contributed by atoms with Crippen LogP contribution in [0.3, 0.4) is 0 Å². The predicted molar refractivity (Wildman–Crippen MR) is 80.6 cm³/mol. The van der Waals surface area contributed by atoms with Crippen LogP contribution in [0.25, 0.3) is 10.9 Å². The summed E-state index contributed by atoms with van der Waals surface area (Å²) in [6, 6.07) is 11.6. The first kappa shape index (κ1) is 13.4. The van der Waals surface area contributed by atoms with E-state index < -0.39 is 5.97 Å². The third-order valence-electron chi connectivity index (χ3n) is 3.54. The number of aromatic nitrogens is 3. The van der Waals surface area contributed by atoms with E-state index in [0.717, 1.165) is 16.6 Å². The summed E-state index contributed by atoms with van der Waals surface area (Å²) in [6.45, 7) is 4.57. The highest BCUT2D eigenvalue weighted by Crippen LogP contribution is 2.21. The average molecular weight is 283 g/mol. The molecule has 0 unspecified atom stereocenters. The van der Waals surface area contributed by atoms with Crippen LogP contribution in [0.4, 0.5) is 0 Å². The number of fused-ring (bicyclic) bond motifs is 1. The lowest BCUT2D eigenvalue weighted by Gasteiger charge is -2.07.